The molecule has 1 amide bonds. The summed E-state index contributed by atoms with van der Waals surface area (Å²) in [5.74, 6) is 0.519. The normalized spacial score (nSPS) is 20.1. The standard InChI is InChI=1S/C18H23N3O3/c1-18(2)9-10-21(11-14(18)13-7-5-4-6-8-13)17(22)16-19-15(12-23-3)24-20-16/h4-8,14H,9-12H2,1-3H3. The highest BCUT2D eigenvalue weighted by Crippen LogP contribution is 2.42. The van der Waals surface area contributed by atoms with Gasteiger partial charge in [0.15, 0.2) is 0 Å². The number of hydrogen-bond donors (Lipinski definition) is 0. The first kappa shape index (κ1) is 16.6. The molecular weight excluding hydrogens is 306 g/mol. The predicted molar refractivity (Wildman–Crippen MR) is 88.5 cm³/mol. The number of carbonyl (C=O) groups excluding carboxylic acids is 1. The van der Waals surface area contributed by atoms with E-state index in [0.717, 1.165) is 6.42 Å². The second kappa shape index (κ2) is 6.73. The Balaban J connectivity index is 1.78. The lowest BCUT2D eigenvalue weighted by atomic mass is 9.70. The number of hydrogen-bond acceptors (Lipinski definition) is 5. The van der Waals surface area contributed by atoms with Gasteiger partial charge in [0.1, 0.15) is 6.61 Å². The van der Waals surface area contributed by atoms with Gasteiger partial charge < -0.3 is 14.2 Å². The zero-order valence-electron chi connectivity index (χ0n) is 14.4. The van der Waals surface area contributed by atoms with Gasteiger partial charge in [0.25, 0.3) is 17.6 Å². The second-order valence-corrected chi connectivity index (χ2v) is 6.90. The topological polar surface area (TPSA) is 68.5 Å². The van der Waals surface area contributed by atoms with Crippen LogP contribution in [0.2, 0.25) is 0 Å². The Hall–Kier alpha value is -2.21. The minimum absolute atomic E-state index is 0.105. The number of benzene rings is 1. The van der Waals surface area contributed by atoms with E-state index in [1.54, 1.807) is 7.11 Å². The zero-order chi connectivity index (χ0) is 17.2. The number of piperidine rings is 1. The molecule has 0 aliphatic carbocycles. The third kappa shape index (κ3) is 3.33. The molecule has 1 saturated heterocycles. The fourth-order valence-electron chi connectivity index (χ4n) is 3.25. The molecule has 0 bridgehead atoms. The second-order valence-electron chi connectivity index (χ2n) is 6.90. The quantitative estimate of drug-likeness (QED) is 0.863. The molecule has 128 valence electrons. The molecule has 6 heteroatoms. The predicted octanol–water partition coefficient (Wildman–Crippen LogP) is 2.87. The third-order valence-corrected chi connectivity index (χ3v) is 4.79. The number of amides is 1. The third-order valence-electron chi connectivity index (χ3n) is 4.79. The van der Waals surface area contributed by atoms with E-state index in [1.165, 1.54) is 5.56 Å². The van der Waals surface area contributed by atoms with Crippen molar-refractivity contribution in [1.29, 1.82) is 0 Å². The molecule has 1 aromatic carbocycles. The Kier molecular flexibility index (Phi) is 4.66. The van der Waals surface area contributed by atoms with Crippen LogP contribution in [-0.4, -0.2) is 41.1 Å². The molecule has 1 aliphatic rings. The SMILES string of the molecule is COCc1nc(C(=O)N2CCC(C)(C)C(c3ccccc3)C2)no1. The summed E-state index contributed by atoms with van der Waals surface area (Å²) in [4.78, 5) is 18.6. The summed E-state index contributed by atoms with van der Waals surface area (Å²) in [6, 6.07) is 10.4. The molecular formula is C18H23N3O3. The summed E-state index contributed by atoms with van der Waals surface area (Å²) in [5, 5.41) is 3.79. The van der Waals surface area contributed by atoms with E-state index in [9.17, 15) is 4.79 Å². The summed E-state index contributed by atoms with van der Waals surface area (Å²) in [5.41, 5.74) is 1.39. The van der Waals surface area contributed by atoms with Crippen LogP contribution < -0.4 is 0 Å². The van der Waals surface area contributed by atoms with Crippen molar-refractivity contribution >= 4 is 5.91 Å². The Morgan fingerprint density at radius 2 is 2.12 bits per heavy atom. The minimum atomic E-state index is -0.183. The van der Waals surface area contributed by atoms with Gasteiger partial charge in [0, 0.05) is 26.1 Å². The largest absolute Gasteiger partial charge is 0.375 e. The van der Waals surface area contributed by atoms with Crippen molar-refractivity contribution in [2.75, 3.05) is 20.2 Å². The molecule has 0 spiro atoms. The lowest BCUT2D eigenvalue weighted by Crippen LogP contribution is -2.46. The number of carbonyl (C=O) groups is 1. The van der Waals surface area contributed by atoms with Crippen LogP contribution in [0.15, 0.2) is 34.9 Å². The lowest BCUT2D eigenvalue weighted by molar-refractivity contribution is 0.0553. The molecule has 2 aromatic rings. The van der Waals surface area contributed by atoms with Gasteiger partial charge >= 0.3 is 0 Å². The van der Waals surface area contributed by atoms with Crippen molar-refractivity contribution in [1.82, 2.24) is 15.0 Å². The summed E-state index contributed by atoms with van der Waals surface area (Å²) in [6.07, 6.45) is 0.932. The Labute approximate surface area is 141 Å². The van der Waals surface area contributed by atoms with Gasteiger partial charge in [0.2, 0.25) is 0 Å². The molecule has 1 aromatic heterocycles. The van der Waals surface area contributed by atoms with Gasteiger partial charge in [-0.3, -0.25) is 4.79 Å². The van der Waals surface area contributed by atoms with E-state index >= 15 is 0 Å². The fraction of sp³-hybridized carbons (Fsp3) is 0.500. The molecule has 3 rings (SSSR count). The van der Waals surface area contributed by atoms with Gasteiger partial charge in [0.05, 0.1) is 0 Å². The number of rotatable bonds is 4. The highest BCUT2D eigenvalue weighted by molar-refractivity contribution is 5.90. The number of methoxy groups -OCH3 is 1. The molecule has 2 heterocycles. The number of likely N-dealkylation sites (tertiary alicyclic amines) is 1. The molecule has 0 N–H and O–H groups in total. The maximum atomic E-state index is 12.7. The maximum Gasteiger partial charge on any atom is 0.295 e. The maximum absolute atomic E-state index is 12.7. The van der Waals surface area contributed by atoms with Gasteiger partial charge in [-0.25, -0.2) is 0 Å². The van der Waals surface area contributed by atoms with Crippen LogP contribution in [-0.2, 0) is 11.3 Å². The van der Waals surface area contributed by atoms with Gasteiger partial charge in [-0.15, -0.1) is 0 Å². The van der Waals surface area contributed by atoms with Crippen LogP contribution in [0.4, 0.5) is 0 Å². The molecule has 1 aliphatic heterocycles. The minimum Gasteiger partial charge on any atom is -0.375 e. The Morgan fingerprint density at radius 1 is 1.38 bits per heavy atom. The number of aromatic nitrogens is 2. The molecule has 1 fully saturated rings. The highest BCUT2D eigenvalue weighted by Gasteiger charge is 2.39. The van der Waals surface area contributed by atoms with Gasteiger partial charge in [-0.2, -0.15) is 4.98 Å². The zero-order valence-corrected chi connectivity index (χ0v) is 14.4. The Bertz CT molecular complexity index is 697. The van der Waals surface area contributed by atoms with E-state index < -0.39 is 0 Å². The van der Waals surface area contributed by atoms with Crippen LogP contribution in [0.1, 0.15) is 48.3 Å². The summed E-state index contributed by atoms with van der Waals surface area (Å²) in [7, 11) is 1.54. The van der Waals surface area contributed by atoms with Crippen molar-refractivity contribution in [2.45, 2.75) is 32.8 Å². The molecule has 24 heavy (non-hydrogen) atoms. The first-order valence-corrected chi connectivity index (χ1v) is 8.17. The van der Waals surface area contributed by atoms with E-state index in [1.807, 2.05) is 23.1 Å². The first-order valence-electron chi connectivity index (χ1n) is 8.17. The Morgan fingerprint density at radius 3 is 2.83 bits per heavy atom. The average Bonchev–Trinajstić information content (AvgIpc) is 3.04. The van der Waals surface area contributed by atoms with E-state index in [0.29, 0.717) is 19.0 Å². The van der Waals surface area contributed by atoms with Crippen molar-refractivity contribution < 1.29 is 14.1 Å². The van der Waals surface area contributed by atoms with Gasteiger partial charge in [-0.05, 0) is 17.4 Å². The number of nitrogens with zero attached hydrogens (tertiary/aromatic N) is 3. The molecule has 1 atom stereocenters. The molecule has 1 unspecified atom stereocenters. The smallest absolute Gasteiger partial charge is 0.295 e. The van der Waals surface area contributed by atoms with E-state index in [-0.39, 0.29) is 29.7 Å². The van der Waals surface area contributed by atoms with Crippen LogP contribution in [0.25, 0.3) is 0 Å². The number of ether oxygens (including phenoxy) is 1. The van der Waals surface area contributed by atoms with Gasteiger partial charge in [-0.1, -0.05) is 49.3 Å². The van der Waals surface area contributed by atoms with Crippen molar-refractivity contribution in [3.8, 4) is 0 Å². The molecule has 0 saturated carbocycles. The molecule has 6 nitrogen and oxygen atoms in total. The lowest BCUT2D eigenvalue weighted by Gasteiger charge is -2.44. The highest BCUT2D eigenvalue weighted by atomic mass is 16.5. The van der Waals surface area contributed by atoms with Crippen LogP contribution >= 0.6 is 0 Å². The average molecular weight is 329 g/mol. The first-order chi connectivity index (χ1) is 11.5. The van der Waals surface area contributed by atoms with Crippen LogP contribution in [0.3, 0.4) is 0 Å². The van der Waals surface area contributed by atoms with Crippen molar-refractivity contribution in [2.24, 2.45) is 5.41 Å². The van der Waals surface area contributed by atoms with Crippen molar-refractivity contribution in [3.63, 3.8) is 0 Å². The summed E-state index contributed by atoms with van der Waals surface area (Å²) >= 11 is 0. The molecule has 0 radical (unpaired) electrons. The summed E-state index contributed by atoms with van der Waals surface area (Å²) < 4.78 is 9.98. The van der Waals surface area contributed by atoms with E-state index in [4.69, 9.17) is 9.26 Å². The van der Waals surface area contributed by atoms with Crippen molar-refractivity contribution in [3.05, 3.63) is 47.6 Å². The fourth-order valence-corrected chi connectivity index (χ4v) is 3.25. The van der Waals surface area contributed by atoms with Crippen LogP contribution in [0.5, 0.6) is 0 Å². The summed E-state index contributed by atoms with van der Waals surface area (Å²) in [6.45, 7) is 6.09. The van der Waals surface area contributed by atoms with E-state index in [2.05, 4.69) is 36.1 Å². The monoisotopic (exact) mass is 329 g/mol. The van der Waals surface area contributed by atoms with Crippen LogP contribution in [0, 0.1) is 5.41 Å².